The summed E-state index contributed by atoms with van der Waals surface area (Å²) in [5, 5.41) is 19.0. The molecule has 2 aromatic heterocycles. The maximum Gasteiger partial charge on any atom is 0.352 e. The Morgan fingerprint density at radius 2 is 1.75 bits per heavy atom. The molecule has 0 radical (unpaired) electrons. The average molecular weight is 326 g/mol. The molecule has 9 heteroatoms. The zero-order valence-electron chi connectivity index (χ0n) is 12.6. The molecule has 3 rings (SSSR count). The van der Waals surface area contributed by atoms with E-state index in [0.717, 1.165) is 5.69 Å². The Morgan fingerprint density at radius 3 is 2.46 bits per heavy atom. The van der Waals surface area contributed by atoms with Gasteiger partial charge in [0.05, 0.1) is 5.69 Å². The second-order valence-corrected chi connectivity index (χ2v) is 4.90. The fraction of sp³-hybridized carbons (Fsp3) is 0.0667. The van der Waals surface area contributed by atoms with Gasteiger partial charge in [-0.05, 0) is 30.3 Å². The Hall–Kier alpha value is -3.62. The van der Waals surface area contributed by atoms with Crippen LogP contribution in [0.2, 0.25) is 0 Å². The smallest absolute Gasteiger partial charge is 0.352 e. The lowest BCUT2D eigenvalue weighted by molar-refractivity contribution is 0.404. The third-order valence-electron chi connectivity index (χ3n) is 3.25. The maximum absolute atomic E-state index is 12.0. The van der Waals surface area contributed by atoms with Crippen molar-refractivity contribution >= 4 is 11.6 Å². The van der Waals surface area contributed by atoms with Gasteiger partial charge in [-0.2, -0.15) is 9.97 Å². The summed E-state index contributed by atoms with van der Waals surface area (Å²) in [6.07, 6.45) is 3.22. The number of anilines is 2. The summed E-state index contributed by atoms with van der Waals surface area (Å²) >= 11 is 0. The Bertz CT molecular complexity index is 926. The quantitative estimate of drug-likeness (QED) is 0.415. The van der Waals surface area contributed by atoms with Crippen molar-refractivity contribution in [1.29, 1.82) is 0 Å². The van der Waals surface area contributed by atoms with Gasteiger partial charge in [-0.25, -0.2) is 4.79 Å². The van der Waals surface area contributed by atoms with E-state index < -0.39 is 5.69 Å². The van der Waals surface area contributed by atoms with Crippen LogP contribution >= 0.6 is 0 Å². The summed E-state index contributed by atoms with van der Waals surface area (Å²) in [4.78, 5) is 24.0. The van der Waals surface area contributed by atoms with Gasteiger partial charge in [-0.15, -0.1) is 0 Å². The summed E-state index contributed by atoms with van der Waals surface area (Å²) < 4.78 is 1.24. The lowest BCUT2D eigenvalue weighted by Crippen LogP contribution is -2.26. The van der Waals surface area contributed by atoms with Crippen LogP contribution in [-0.2, 0) is 7.05 Å². The topological polar surface area (TPSA) is 125 Å². The minimum absolute atomic E-state index is 0.0671. The van der Waals surface area contributed by atoms with E-state index in [1.807, 2.05) is 0 Å². The Morgan fingerprint density at radius 1 is 1.00 bits per heavy atom. The van der Waals surface area contributed by atoms with E-state index in [9.17, 15) is 15.0 Å². The highest BCUT2D eigenvalue weighted by atomic mass is 16.3. The summed E-state index contributed by atoms with van der Waals surface area (Å²) in [7, 11) is 1.52. The molecule has 0 bridgehead atoms. The van der Waals surface area contributed by atoms with Crippen molar-refractivity contribution in [2.45, 2.75) is 0 Å². The van der Waals surface area contributed by atoms with Crippen LogP contribution in [0.4, 0.5) is 11.6 Å². The number of phenolic OH excluding ortho intramolecular Hbond substituents is 2. The fourth-order valence-electron chi connectivity index (χ4n) is 2.00. The number of rotatable bonds is 4. The van der Waals surface area contributed by atoms with Gasteiger partial charge >= 0.3 is 5.69 Å². The van der Waals surface area contributed by atoms with Gasteiger partial charge in [0.15, 0.2) is 11.5 Å². The molecule has 0 saturated carbocycles. The number of aromatic hydroxyl groups is 2. The number of benzene rings is 1. The number of nitrogens with one attached hydrogen (secondary N) is 2. The first-order valence-corrected chi connectivity index (χ1v) is 6.94. The van der Waals surface area contributed by atoms with Gasteiger partial charge in [0.1, 0.15) is 5.82 Å². The zero-order chi connectivity index (χ0) is 17.1. The van der Waals surface area contributed by atoms with Crippen molar-refractivity contribution < 1.29 is 10.2 Å². The number of aromatic nitrogens is 4. The minimum atomic E-state index is -0.522. The summed E-state index contributed by atoms with van der Waals surface area (Å²) in [6, 6.07) is 7.63. The van der Waals surface area contributed by atoms with Gasteiger partial charge in [-0.1, -0.05) is 0 Å². The summed E-state index contributed by atoms with van der Waals surface area (Å²) in [6.45, 7) is 0. The highest BCUT2D eigenvalue weighted by molar-refractivity contribution is 5.61. The highest BCUT2D eigenvalue weighted by Crippen LogP contribution is 2.29. The molecular formula is C15H14N6O3. The van der Waals surface area contributed by atoms with Crippen LogP contribution in [0.15, 0.2) is 47.5 Å². The monoisotopic (exact) mass is 326 g/mol. The van der Waals surface area contributed by atoms with Crippen molar-refractivity contribution in [3.05, 3.63) is 53.2 Å². The maximum atomic E-state index is 12.0. The van der Waals surface area contributed by atoms with Gasteiger partial charge in [0, 0.05) is 25.0 Å². The predicted octanol–water partition coefficient (Wildman–Crippen LogP) is 1.09. The zero-order valence-corrected chi connectivity index (χ0v) is 12.6. The molecule has 0 amide bonds. The number of hydrogen-bond acceptors (Lipinski definition) is 8. The fourth-order valence-corrected chi connectivity index (χ4v) is 2.00. The molecule has 0 saturated heterocycles. The summed E-state index contributed by atoms with van der Waals surface area (Å²) in [5.41, 5.74) is 6.25. The van der Waals surface area contributed by atoms with E-state index in [1.165, 1.54) is 29.8 Å². The lowest BCUT2D eigenvalue weighted by Gasteiger charge is -2.11. The van der Waals surface area contributed by atoms with Crippen LogP contribution in [0, 0.1) is 0 Å². The van der Waals surface area contributed by atoms with Crippen LogP contribution in [-0.4, -0.2) is 29.7 Å². The third kappa shape index (κ3) is 3.09. The van der Waals surface area contributed by atoms with Crippen LogP contribution in [0.3, 0.4) is 0 Å². The van der Waals surface area contributed by atoms with Crippen molar-refractivity contribution in [1.82, 2.24) is 19.5 Å². The van der Waals surface area contributed by atoms with E-state index in [4.69, 9.17) is 0 Å². The molecule has 0 unspecified atom stereocenters. The minimum Gasteiger partial charge on any atom is -0.504 e. The molecule has 0 aliphatic heterocycles. The molecule has 122 valence electrons. The SMILES string of the molecule is Cn1c(-c2ccc(O)c(O)c2)nc(NNc2ccncc2)nc1=O. The molecule has 24 heavy (non-hydrogen) atoms. The van der Waals surface area contributed by atoms with E-state index in [1.54, 1.807) is 24.5 Å². The van der Waals surface area contributed by atoms with E-state index >= 15 is 0 Å². The Balaban J connectivity index is 1.94. The Kier molecular flexibility index (Phi) is 3.98. The molecule has 3 aromatic rings. The largest absolute Gasteiger partial charge is 0.504 e. The van der Waals surface area contributed by atoms with Gasteiger partial charge in [0.2, 0.25) is 5.95 Å². The molecule has 9 nitrogen and oxygen atoms in total. The lowest BCUT2D eigenvalue weighted by atomic mass is 10.2. The molecular weight excluding hydrogens is 312 g/mol. The van der Waals surface area contributed by atoms with Crippen molar-refractivity contribution in [2.75, 3.05) is 10.9 Å². The molecule has 1 aromatic carbocycles. The molecule has 0 fully saturated rings. The summed E-state index contributed by atoms with van der Waals surface area (Å²) in [5.74, 6) is -0.208. The molecule has 0 aliphatic rings. The molecule has 0 aliphatic carbocycles. The normalized spacial score (nSPS) is 10.4. The van der Waals surface area contributed by atoms with Crippen LogP contribution in [0.1, 0.15) is 0 Å². The third-order valence-corrected chi connectivity index (χ3v) is 3.25. The second kappa shape index (κ2) is 6.24. The number of nitrogens with zero attached hydrogens (tertiary/aromatic N) is 4. The van der Waals surface area contributed by atoms with Crippen LogP contribution in [0.25, 0.3) is 11.4 Å². The van der Waals surface area contributed by atoms with Gasteiger partial charge in [-0.3, -0.25) is 20.4 Å². The number of hydrazine groups is 1. The standard InChI is InChI=1S/C15H14N6O3/c1-21-13(9-2-3-11(22)12(23)8-9)17-14(18-15(21)24)20-19-10-4-6-16-7-5-10/h2-8,22-23H,1H3,(H,16,19)(H,18,20,24). The van der Waals surface area contributed by atoms with E-state index in [0.29, 0.717) is 5.56 Å². The first kappa shape index (κ1) is 15.3. The second-order valence-electron chi connectivity index (χ2n) is 4.90. The van der Waals surface area contributed by atoms with Gasteiger partial charge < -0.3 is 10.2 Å². The van der Waals surface area contributed by atoms with Crippen molar-refractivity contribution in [3.8, 4) is 22.9 Å². The van der Waals surface area contributed by atoms with Crippen LogP contribution in [0.5, 0.6) is 11.5 Å². The number of hydrogen-bond donors (Lipinski definition) is 4. The first-order chi connectivity index (χ1) is 11.5. The number of pyridine rings is 1. The highest BCUT2D eigenvalue weighted by Gasteiger charge is 2.11. The van der Waals surface area contributed by atoms with Crippen molar-refractivity contribution in [2.24, 2.45) is 7.05 Å². The molecule has 0 atom stereocenters. The Labute approximate surface area is 136 Å². The molecule has 0 spiro atoms. The average Bonchev–Trinajstić information content (AvgIpc) is 2.59. The van der Waals surface area contributed by atoms with Crippen LogP contribution < -0.4 is 16.5 Å². The number of phenols is 2. The predicted molar refractivity (Wildman–Crippen MR) is 87.5 cm³/mol. The first-order valence-electron chi connectivity index (χ1n) is 6.94. The van der Waals surface area contributed by atoms with Crippen molar-refractivity contribution in [3.63, 3.8) is 0 Å². The molecule has 4 N–H and O–H groups in total. The van der Waals surface area contributed by atoms with E-state index in [2.05, 4.69) is 25.8 Å². The van der Waals surface area contributed by atoms with E-state index in [-0.39, 0.29) is 23.3 Å². The van der Waals surface area contributed by atoms with Gasteiger partial charge in [0.25, 0.3) is 0 Å². The molecule has 2 heterocycles.